The van der Waals surface area contributed by atoms with Crippen LogP contribution in [0.3, 0.4) is 0 Å². The van der Waals surface area contributed by atoms with Crippen molar-refractivity contribution in [3.05, 3.63) is 36.1 Å². The molecule has 0 unspecified atom stereocenters. The van der Waals surface area contributed by atoms with Gasteiger partial charge in [-0.1, -0.05) is 37.0 Å². The summed E-state index contributed by atoms with van der Waals surface area (Å²) in [5, 5.41) is 1.46. The Hall–Kier alpha value is -1.22. The smallest absolute Gasteiger partial charge is 0.167 e. The Morgan fingerprint density at radius 1 is 1.19 bits per heavy atom. The minimum Gasteiger partial charge on any atom is -0.489 e. The van der Waals surface area contributed by atoms with Crippen molar-refractivity contribution in [2.75, 3.05) is 0 Å². The monoisotopic (exact) mass is 232 g/mol. The molecule has 1 aromatic carbocycles. The summed E-state index contributed by atoms with van der Waals surface area (Å²) in [7, 11) is -1.25. The maximum atomic E-state index is 5.80. The van der Waals surface area contributed by atoms with Crippen molar-refractivity contribution >= 4 is 13.3 Å². The third-order valence-corrected chi connectivity index (χ3v) is 5.28. The maximum absolute atomic E-state index is 5.80. The van der Waals surface area contributed by atoms with Crippen LogP contribution in [0.2, 0.25) is 19.6 Å². The van der Waals surface area contributed by atoms with Gasteiger partial charge in [0, 0.05) is 5.56 Å². The highest BCUT2D eigenvalue weighted by molar-refractivity contribution is 6.88. The summed E-state index contributed by atoms with van der Waals surface area (Å²) in [5.41, 5.74) is 1.22. The maximum Gasteiger partial charge on any atom is 0.167 e. The molecule has 2 heterocycles. The molecule has 0 amide bonds. The van der Waals surface area contributed by atoms with E-state index in [-0.39, 0.29) is 12.2 Å². The highest BCUT2D eigenvalue weighted by atomic mass is 28.3. The van der Waals surface area contributed by atoms with Crippen LogP contribution in [0.5, 0.6) is 5.75 Å². The molecule has 1 aromatic rings. The molecule has 2 aliphatic rings. The predicted octanol–water partition coefficient (Wildman–Crippen LogP) is 2.58. The molecule has 0 radical (unpaired) electrons. The molecule has 0 saturated heterocycles. The van der Waals surface area contributed by atoms with Gasteiger partial charge in [0.2, 0.25) is 0 Å². The van der Waals surface area contributed by atoms with Gasteiger partial charge in [-0.3, -0.25) is 0 Å². The van der Waals surface area contributed by atoms with E-state index in [9.17, 15) is 0 Å². The van der Waals surface area contributed by atoms with Gasteiger partial charge in [-0.2, -0.15) is 0 Å². The molecular formula is C13H16O2Si. The minimum absolute atomic E-state index is 0.0892. The first-order valence-corrected chi connectivity index (χ1v) is 9.19. The highest BCUT2D eigenvalue weighted by Crippen LogP contribution is 2.41. The lowest BCUT2D eigenvalue weighted by Crippen LogP contribution is -2.37. The van der Waals surface area contributed by atoms with Crippen LogP contribution in [-0.4, -0.2) is 14.2 Å². The molecule has 0 aromatic heterocycles. The Morgan fingerprint density at radius 3 is 2.75 bits per heavy atom. The van der Waals surface area contributed by atoms with Gasteiger partial charge in [-0.15, -0.1) is 0 Å². The molecule has 2 aliphatic heterocycles. The second kappa shape index (κ2) is 3.14. The van der Waals surface area contributed by atoms with E-state index in [0.717, 1.165) is 5.75 Å². The Labute approximate surface area is 96.9 Å². The van der Waals surface area contributed by atoms with E-state index in [1.165, 1.54) is 10.8 Å². The molecule has 3 heteroatoms. The molecule has 0 spiro atoms. The van der Waals surface area contributed by atoms with E-state index < -0.39 is 8.07 Å². The van der Waals surface area contributed by atoms with Crippen molar-refractivity contribution in [1.29, 1.82) is 0 Å². The largest absolute Gasteiger partial charge is 0.489 e. The Kier molecular flexibility index (Phi) is 1.95. The Morgan fingerprint density at radius 2 is 2.00 bits per heavy atom. The van der Waals surface area contributed by atoms with Crippen LogP contribution in [0.1, 0.15) is 11.7 Å². The zero-order chi connectivity index (χ0) is 11.3. The SMILES string of the molecule is C[Si](C)(C)c1ccc2c(c1)[C@H]1OC=C[C@H]1O2. The van der Waals surface area contributed by atoms with Gasteiger partial charge in [-0.25, -0.2) is 0 Å². The van der Waals surface area contributed by atoms with E-state index >= 15 is 0 Å². The first kappa shape index (κ1) is 9.96. The number of hydrogen-bond donors (Lipinski definition) is 0. The molecule has 3 rings (SSSR count). The highest BCUT2D eigenvalue weighted by Gasteiger charge is 2.37. The second-order valence-electron chi connectivity index (χ2n) is 5.47. The van der Waals surface area contributed by atoms with E-state index in [2.05, 4.69) is 37.8 Å². The van der Waals surface area contributed by atoms with Crippen molar-refractivity contribution in [2.24, 2.45) is 0 Å². The summed E-state index contributed by atoms with van der Waals surface area (Å²) in [6.07, 6.45) is 3.91. The van der Waals surface area contributed by atoms with Gasteiger partial charge in [0.1, 0.15) is 5.75 Å². The second-order valence-corrected chi connectivity index (χ2v) is 10.5. The summed E-state index contributed by atoms with van der Waals surface area (Å²) < 4.78 is 11.4. The summed E-state index contributed by atoms with van der Waals surface area (Å²) in [6, 6.07) is 6.58. The Bertz CT molecular complexity index is 459. The number of ether oxygens (including phenoxy) is 2. The normalized spacial score (nSPS) is 25.9. The summed E-state index contributed by atoms with van der Waals surface area (Å²) in [4.78, 5) is 0. The fourth-order valence-corrected chi connectivity index (χ4v) is 3.40. The molecule has 84 valence electrons. The van der Waals surface area contributed by atoms with Crippen LogP contribution in [0.15, 0.2) is 30.5 Å². The first-order chi connectivity index (χ1) is 7.55. The van der Waals surface area contributed by atoms with Crippen LogP contribution in [0, 0.1) is 0 Å². The molecule has 0 fully saturated rings. The molecule has 0 aliphatic carbocycles. The lowest BCUT2D eigenvalue weighted by atomic mass is 10.1. The number of benzene rings is 1. The lowest BCUT2D eigenvalue weighted by molar-refractivity contribution is 0.109. The number of rotatable bonds is 1. The van der Waals surface area contributed by atoms with Gasteiger partial charge in [0.15, 0.2) is 12.2 Å². The van der Waals surface area contributed by atoms with Crippen molar-refractivity contribution in [3.63, 3.8) is 0 Å². The molecule has 0 saturated carbocycles. The average Bonchev–Trinajstić information content (AvgIpc) is 2.74. The van der Waals surface area contributed by atoms with Gasteiger partial charge in [0.05, 0.1) is 14.3 Å². The molecule has 0 bridgehead atoms. The molecule has 0 N–H and O–H groups in total. The van der Waals surface area contributed by atoms with E-state index in [1.807, 2.05) is 6.08 Å². The first-order valence-electron chi connectivity index (χ1n) is 5.69. The van der Waals surface area contributed by atoms with Gasteiger partial charge >= 0.3 is 0 Å². The minimum atomic E-state index is -1.25. The van der Waals surface area contributed by atoms with E-state index in [4.69, 9.17) is 9.47 Å². The third-order valence-electron chi connectivity index (χ3n) is 3.24. The molecular weight excluding hydrogens is 216 g/mol. The summed E-state index contributed by atoms with van der Waals surface area (Å²) in [5.74, 6) is 0.987. The van der Waals surface area contributed by atoms with Gasteiger partial charge in [0.25, 0.3) is 0 Å². The lowest BCUT2D eigenvalue weighted by Gasteiger charge is -2.18. The number of fused-ring (bicyclic) bond motifs is 3. The van der Waals surface area contributed by atoms with Crippen LogP contribution in [0.4, 0.5) is 0 Å². The molecule has 16 heavy (non-hydrogen) atoms. The van der Waals surface area contributed by atoms with Gasteiger partial charge in [-0.05, 0) is 12.1 Å². The number of hydrogen-bond acceptors (Lipinski definition) is 2. The zero-order valence-electron chi connectivity index (χ0n) is 9.86. The standard InChI is InChI=1S/C13H16O2Si/c1-16(2,3)9-4-5-11-10(8-9)13-12(15-11)6-7-14-13/h4-8,12-13H,1-3H3/t12-,13-/m1/s1. The third kappa shape index (κ3) is 1.38. The van der Waals surface area contributed by atoms with Crippen molar-refractivity contribution in [2.45, 2.75) is 31.8 Å². The van der Waals surface area contributed by atoms with Crippen molar-refractivity contribution in [1.82, 2.24) is 0 Å². The predicted molar refractivity (Wildman–Crippen MR) is 66.8 cm³/mol. The van der Waals surface area contributed by atoms with E-state index in [0.29, 0.717) is 0 Å². The van der Waals surface area contributed by atoms with Crippen LogP contribution < -0.4 is 9.92 Å². The Balaban J connectivity index is 2.04. The summed E-state index contributed by atoms with van der Waals surface area (Å²) in [6.45, 7) is 7.07. The van der Waals surface area contributed by atoms with Crippen LogP contribution >= 0.6 is 0 Å². The summed E-state index contributed by atoms with van der Waals surface area (Å²) >= 11 is 0. The quantitative estimate of drug-likeness (QED) is 0.693. The van der Waals surface area contributed by atoms with Crippen molar-refractivity contribution < 1.29 is 9.47 Å². The topological polar surface area (TPSA) is 18.5 Å². The average molecular weight is 232 g/mol. The van der Waals surface area contributed by atoms with Gasteiger partial charge < -0.3 is 9.47 Å². The van der Waals surface area contributed by atoms with Crippen LogP contribution in [0.25, 0.3) is 0 Å². The zero-order valence-corrected chi connectivity index (χ0v) is 10.9. The van der Waals surface area contributed by atoms with Crippen LogP contribution in [-0.2, 0) is 4.74 Å². The fourth-order valence-electron chi connectivity index (χ4n) is 2.23. The molecule has 2 nitrogen and oxygen atoms in total. The fraction of sp³-hybridized carbons (Fsp3) is 0.385. The van der Waals surface area contributed by atoms with Crippen molar-refractivity contribution in [3.8, 4) is 5.75 Å². The van der Waals surface area contributed by atoms with E-state index in [1.54, 1.807) is 6.26 Å². The molecule has 2 atom stereocenters.